The molecule has 4 rings (SSSR count). The fourth-order valence-electron chi connectivity index (χ4n) is 3.62. The number of carbonyl (C=O) groups is 1. The van der Waals surface area contributed by atoms with Gasteiger partial charge in [0.25, 0.3) is 5.91 Å². The van der Waals surface area contributed by atoms with E-state index in [4.69, 9.17) is 4.99 Å². The van der Waals surface area contributed by atoms with Crippen LogP contribution < -0.4 is 5.32 Å². The molecule has 3 nitrogen and oxygen atoms in total. The number of hydrogen-bond acceptors (Lipinski definition) is 3. The summed E-state index contributed by atoms with van der Waals surface area (Å²) in [5.74, 6) is -0.0514. The highest BCUT2D eigenvalue weighted by Crippen LogP contribution is 2.39. The van der Waals surface area contributed by atoms with E-state index >= 15 is 0 Å². The molecule has 1 amide bonds. The molecular weight excluding hydrogens is 364 g/mol. The summed E-state index contributed by atoms with van der Waals surface area (Å²) in [6.07, 6.45) is 8.70. The van der Waals surface area contributed by atoms with Gasteiger partial charge in [0.05, 0.1) is 5.56 Å². The first-order valence-corrected chi connectivity index (χ1v) is 10.7. The molecular formula is C24H24N2OS. The summed E-state index contributed by atoms with van der Waals surface area (Å²) in [6.45, 7) is 0. The highest BCUT2D eigenvalue weighted by Gasteiger charge is 2.24. The molecule has 1 heterocycles. The molecule has 4 heteroatoms. The number of benzene rings is 2. The Morgan fingerprint density at radius 1 is 0.893 bits per heavy atom. The normalized spacial score (nSPS) is 14.3. The molecule has 0 atom stereocenters. The fourth-order valence-corrected chi connectivity index (χ4v) is 4.85. The Kier molecular flexibility index (Phi) is 5.98. The van der Waals surface area contributed by atoms with Crippen LogP contribution in [0.3, 0.4) is 0 Å². The molecule has 0 saturated heterocycles. The number of nitrogens with zero attached hydrogens (tertiary/aromatic N) is 1. The van der Waals surface area contributed by atoms with Gasteiger partial charge < -0.3 is 5.32 Å². The number of nitrogens with one attached hydrogen (secondary N) is 1. The maximum atomic E-state index is 13.2. The maximum absolute atomic E-state index is 13.2. The lowest BCUT2D eigenvalue weighted by Crippen LogP contribution is -2.14. The monoisotopic (exact) mass is 388 g/mol. The van der Waals surface area contributed by atoms with Crippen LogP contribution in [0.1, 0.15) is 52.0 Å². The number of amides is 1. The van der Waals surface area contributed by atoms with E-state index in [0.717, 1.165) is 41.1 Å². The second-order valence-electron chi connectivity index (χ2n) is 7.09. The van der Waals surface area contributed by atoms with Gasteiger partial charge in [-0.2, -0.15) is 0 Å². The Hall–Kier alpha value is -2.72. The molecule has 1 N–H and O–H groups in total. The quantitative estimate of drug-likeness (QED) is 0.516. The number of fused-ring (bicyclic) bond motifs is 1. The molecule has 0 spiro atoms. The Morgan fingerprint density at radius 2 is 1.57 bits per heavy atom. The standard InChI is InChI=1S/C24H24N2OS/c27-23(26-19-13-7-4-8-14-19)22-20-15-9-1-2-10-16-21(20)28-24(22)25-17-18-11-5-3-6-12-18/h3-8,11-14,17H,1-2,9-10,15-16H2,(H,26,27). The van der Waals surface area contributed by atoms with Crippen LogP contribution in [0.2, 0.25) is 0 Å². The largest absolute Gasteiger partial charge is 0.322 e. The van der Waals surface area contributed by atoms with Gasteiger partial charge in [0.2, 0.25) is 0 Å². The molecule has 2 aromatic carbocycles. The maximum Gasteiger partial charge on any atom is 0.259 e. The van der Waals surface area contributed by atoms with Crippen molar-refractivity contribution in [3.8, 4) is 0 Å². The van der Waals surface area contributed by atoms with Gasteiger partial charge in [-0.05, 0) is 48.9 Å². The molecule has 1 aliphatic rings. The summed E-state index contributed by atoms with van der Waals surface area (Å²) in [4.78, 5) is 19.3. The van der Waals surface area contributed by atoms with E-state index in [1.54, 1.807) is 11.3 Å². The van der Waals surface area contributed by atoms with Gasteiger partial charge in [-0.1, -0.05) is 61.4 Å². The van der Waals surface area contributed by atoms with E-state index in [-0.39, 0.29) is 5.91 Å². The number of hydrogen-bond donors (Lipinski definition) is 1. The van der Waals surface area contributed by atoms with Crippen LogP contribution in [-0.2, 0) is 12.8 Å². The van der Waals surface area contributed by atoms with Gasteiger partial charge in [-0.15, -0.1) is 11.3 Å². The van der Waals surface area contributed by atoms with Crippen LogP contribution in [0.5, 0.6) is 0 Å². The van der Waals surface area contributed by atoms with Crippen molar-refractivity contribution in [1.29, 1.82) is 0 Å². The molecule has 142 valence electrons. The highest BCUT2D eigenvalue weighted by molar-refractivity contribution is 7.16. The SMILES string of the molecule is O=C(Nc1ccccc1)c1c(N=Cc2ccccc2)sc2c1CCCCCC2. The van der Waals surface area contributed by atoms with Crippen LogP contribution in [-0.4, -0.2) is 12.1 Å². The number of thiophene rings is 1. The van der Waals surface area contributed by atoms with Crippen molar-refractivity contribution in [2.45, 2.75) is 38.5 Å². The summed E-state index contributed by atoms with van der Waals surface area (Å²) in [6, 6.07) is 19.7. The summed E-state index contributed by atoms with van der Waals surface area (Å²) in [5, 5.41) is 3.89. The van der Waals surface area contributed by atoms with Gasteiger partial charge in [0, 0.05) is 16.8 Å². The average Bonchev–Trinajstić information content (AvgIpc) is 3.04. The van der Waals surface area contributed by atoms with Gasteiger partial charge >= 0.3 is 0 Å². The zero-order valence-corrected chi connectivity index (χ0v) is 16.7. The van der Waals surface area contributed by atoms with Crippen molar-refractivity contribution in [3.05, 3.63) is 82.2 Å². The van der Waals surface area contributed by atoms with Crippen LogP contribution in [0.4, 0.5) is 10.7 Å². The Balaban J connectivity index is 1.70. The first kappa shape index (κ1) is 18.6. The minimum Gasteiger partial charge on any atom is -0.322 e. The first-order chi connectivity index (χ1) is 13.8. The second kappa shape index (κ2) is 8.98. The smallest absolute Gasteiger partial charge is 0.259 e. The molecule has 3 aromatic rings. The third-order valence-corrected chi connectivity index (χ3v) is 6.24. The van der Waals surface area contributed by atoms with E-state index in [1.165, 1.54) is 29.7 Å². The topological polar surface area (TPSA) is 41.5 Å². The molecule has 28 heavy (non-hydrogen) atoms. The third kappa shape index (κ3) is 4.39. The first-order valence-electron chi connectivity index (χ1n) is 9.91. The zero-order chi connectivity index (χ0) is 19.2. The number of anilines is 1. The fraction of sp³-hybridized carbons (Fsp3) is 0.250. The van der Waals surface area contributed by atoms with E-state index in [9.17, 15) is 4.79 Å². The molecule has 0 radical (unpaired) electrons. The van der Waals surface area contributed by atoms with E-state index < -0.39 is 0 Å². The summed E-state index contributed by atoms with van der Waals surface area (Å²) < 4.78 is 0. The van der Waals surface area contributed by atoms with Crippen molar-refractivity contribution in [1.82, 2.24) is 0 Å². The molecule has 0 saturated carbocycles. The average molecular weight is 389 g/mol. The third-order valence-electron chi connectivity index (χ3n) is 5.04. The van der Waals surface area contributed by atoms with E-state index in [0.29, 0.717) is 0 Å². The predicted octanol–water partition coefficient (Wildman–Crippen LogP) is 6.41. The summed E-state index contributed by atoms with van der Waals surface area (Å²) in [7, 11) is 0. The Bertz CT molecular complexity index is 961. The summed E-state index contributed by atoms with van der Waals surface area (Å²) >= 11 is 1.68. The number of aryl methyl sites for hydroxylation is 1. The zero-order valence-electron chi connectivity index (χ0n) is 15.9. The highest BCUT2D eigenvalue weighted by atomic mass is 32.1. The lowest BCUT2D eigenvalue weighted by molar-refractivity contribution is 0.102. The van der Waals surface area contributed by atoms with E-state index in [2.05, 4.69) is 5.32 Å². The lowest BCUT2D eigenvalue weighted by Gasteiger charge is -2.12. The number of para-hydroxylation sites is 1. The number of carbonyl (C=O) groups excluding carboxylic acids is 1. The minimum atomic E-state index is -0.0514. The molecule has 0 fully saturated rings. The van der Waals surface area contributed by atoms with Crippen molar-refractivity contribution < 1.29 is 4.79 Å². The second-order valence-corrected chi connectivity index (χ2v) is 8.17. The summed E-state index contributed by atoms with van der Waals surface area (Å²) in [5.41, 5.74) is 3.82. The Labute approximate surface area is 170 Å². The van der Waals surface area contributed by atoms with E-state index in [1.807, 2.05) is 66.9 Å². The van der Waals surface area contributed by atoms with Crippen LogP contribution in [0.25, 0.3) is 0 Å². The van der Waals surface area contributed by atoms with Gasteiger partial charge in [0.15, 0.2) is 0 Å². The van der Waals surface area contributed by atoms with Crippen LogP contribution in [0.15, 0.2) is 65.7 Å². The van der Waals surface area contributed by atoms with Crippen LogP contribution in [0, 0.1) is 0 Å². The molecule has 1 aromatic heterocycles. The van der Waals surface area contributed by atoms with Crippen molar-refractivity contribution in [2.75, 3.05) is 5.32 Å². The lowest BCUT2D eigenvalue weighted by atomic mass is 9.96. The molecule has 0 bridgehead atoms. The molecule has 1 aliphatic carbocycles. The number of aliphatic imine (C=N–C) groups is 1. The Morgan fingerprint density at radius 3 is 2.32 bits per heavy atom. The molecule has 0 unspecified atom stereocenters. The van der Waals surface area contributed by atoms with Crippen molar-refractivity contribution in [3.63, 3.8) is 0 Å². The van der Waals surface area contributed by atoms with Crippen molar-refractivity contribution >= 4 is 34.1 Å². The minimum absolute atomic E-state index is 0.0514. The van der Waals surface area contributed by atoms with Crippen molar-refractivity contribution in [2.24, 2.45) is 4.99 Å². The predicted molar refractivity (Wildman–Crippen MR) is 118 cm³/mol. The van der Waals surface area contributed by atoms with Gasteiger partial charge in [0.1, 0.15) is 5.00 Å². The van der Waals surface area contributed by atoms with Gasteiger partial charge in [-0.3, -0.25) is 4.79 Å². The van der Waals surface area contributed by atoms with Crippen LogP contribution >= 0.6 is 11.3 Å². The molecule has 0 aliphatic heterocycles. The van der Waals surface area contributed by atoms with Gasteiger partial charge in [-0.25, -0.2) is 4.99 Å². The number of rotatable bonds is 4.